The lowest BCUT2D eigenvalue weighted by Gasteiger charge is -2.07. The fourth-order valence-corrected chi connectivity index (χ4v) is 1.74. The number of nitrogens with one attached hydrogen (secondary N) is 1. The Kier molecular flexibility index (Phi) is 3.87. The number of rotatable bonds is 2. The molecule has 1 aromatic heterocycles. The van der Waals surface area contributed by atoms with Crippen LogP contribution in [0.1, 0.15) is 10.4 Å². The van der Waals surface area contributed by atoms with Crippen molar-refractivity contribution in [2.75, 3.05) is 11.1 Å². The minimum atomic E-state index is -0.486. The molecular formula is C12H8Cl2FN3O. The molecule has 3 N–H and O–H groups in total. The largest absolute Gasteiger partial charge is 0.382 e. The lowest BCUT2D eigenvalue weighted by Crippen LogP contribution is -2.13. The first kappa shape index (κ1) is 13.6. The number of carbonyl (C=O) groups excluding carboxylic acids is 1. The van der Waals surface area contributed by atoms with Crippen molar-refractivity contribution >= 4 is 40.6 Å². The van der Waals surface area contributed by atoms with Gasteiger partial charge in [-0.05, 0) is 24.3 Å². The molecule has 0 saturated carbocycles. The molecule has 0 fully saturated rings. The van der Waals surface area contributed by atoms with Crippen LogP contribution < -0.4 is 11.1 Å². The van der Waals surface area contributed by atoms with E-state index in [-0.39, 0.29) is 21.4 Å². The maximum atomic E-state index is 12.9. The molecule has 0 unspecified atom stereocenters. The molecule has 0 spiro atoms. The van der Waals surface area contributed by atoms with Gasteiger partial charge in [0.2, 0.25) is 0 Å². The Hall–Kier alpha value is -1.85. The number of carbonyl (C=O) groups is 1. The molecule has 2 rings (SSSR count). The highest BCUT2D eigenvalue weighted by molar-refractivity contribution is 6.34. The minimum absolute atomic E-state index is 0.0999. The molecule has 4 nitrogen and oxygen atoms in total. The zero-order valence-electron chi connectivity index (χ0n) is 9.45. The number of nitrogens with two attached hydrogens (primary N) is 1. The summed E-state index contributed by atoms with van der Waals surface area (Å²) in [6.45, 7) is 0. The summed E-state index contributed by atoms with van der Waals surface area (Å²) in [7, 11) is 0. The standard InChI is InChI=1S/C12H8Cl2FN3O/c13-8-4-7(15)1-2-10(8)18-12(19)6-3-9(14)11(16)17-5-6/h1-5H,(H2,16,17)(H,18,19). The van der Waals surface area contributed by atoms with Gasteiger partial charge >= 0.3 is 0 Å². The Morgan fingerprint density at radius 2 is 2.00 bits per heavy atom. The van der Waals surface area contributed by atoms with E-state index in [0.29, 0.717) is 5.69 Å². The van der Waals surface area contributed by atoms with Gasteiger partial charge in [-0.3, -0.25) is 4.79 Å². The van der Waals surface area contributed by atoms with Crippen molar-refractivity contribution in [2.24, 2.45) is 0 Å². The molecule has 98 valence electrons. The molecule has 1 heterocycles. The second-order valence-electron chi connectivity index (χ2n) is 3.67. The number of aromatic nitrogens is 1. The van der Waals surface area contributed by atoms with Gasteiger partial charge in [-0.25, -0.2) is 9.37 Å². The quantitative estimate of drug-likeness (QED) is 0.893. The van der Waals surface area contributed by atoms with Gasteiger partial charge < -0.3 is 11.1 Å². The van der Waals surface area contributed by atoms with Crippen molar-refractivity contribution in [1.82, 2.24) is 4.98 Å². The van der Waals surface area contributed by atoms with E-state index in [1.807, 2.05) is 0 Å². The molecule has 0 atom stereocenters. The second kappa shape index (κ2) is 5.42. The van der Waals surface area contributed by atoms with E-state index in [1.54, 1.807) is 0 Å². The van der Waals surface area contributed by atoms with E-state index in [0.717, 1.165) is 6.07 Å². The van der Waals surface area contributed by atoms with Crippen LogP contribution in [0.4, 0.5) is 15.9 Å². The Bertz CT molecular complexity index is 649. The highest BCUT2D eigenvalue weighted by atomic mass is 35.5. The highest BCUT2D eigenvalue weighted by Gasteiger charge is 2.11. The van der Waals surface area contributed by atoms with E-state index in [9.17, 15) is 9.18 Å². The molecule has 0 radical (unpaired) electrons. The molecule has 7 heteroatoms. The number of amides is 1. The van der Waals surface area contributed by atoms with Gasteiger partial charge in [-0.1, -0.05) is 23.2 Å². The Balaban J connectivity index is 2.23. The first-order valence-corrected chi connectivity index (χ1v) is 5.90. The van der Waals surface area contributed by atoms with Crippen molar-refractivity contribution < 1.29 is 9.18 Å². The fourth-order valence-electron chi connectivity index (χ4n) is 1.36. The van der Waals surface area contributed by atoms with Crippen molar-refractivity contribution in [1.29, 1.82) is 0 Å². The Labute approximate surface area is 118 Å². The van der Waals surface area contributed by atoms with E-state index in [1.165, 1.54) is 24.4 Å². The molecule has 0 bridgehead atoms. The van der Waals surface area contributed by atoms with E-state index < -0.39 is 11.7 Å². The third kappa shape index (κ3) is 3.13. The Morgan fingerprint density at radius 1 is 1.26 bits per heavy atom. The smallest absolute Gasteiger partial charge is 0.257 e. The summed E-state index contributed by atoms with van der Waals surface area (Å²) in [5.41, 5.74) is 5.96. The van der Waals surface area contributed by atoms with Crippen LogP contribution in [-0.2, 0) is 0 Å². The number of pyridine rings is 1. The van der Waals surface area contributed by atoms with Gasteiger partial charge in [0.25, 0.3) is 5.91 Å². The number of hydrogen-bond acceptors (Lipinski definition) is 3. The molecule has 1 amide bonds. The molecule has 1 aromatic carbocycles. The van der Waals surface area contributed by atoms with Gasteiger partial charge in [0.15, 0.2) is 0 Å². The predicted octanol–water partition coefficient (Wildman–Crippen LogP) is 3.36. The number of anilines is 2. The minimum Gasteiger partial charge on any atom is -0.382 e. The number of benzene rings is 1. The van der Waals surface area contributed by atoms with Crippen molar-refractivity contribution in [3.63, 3.8) is 0 Å². The topological polar surface area (TPSA) is 68.0 Å². The summed E-state index contributed by atoms with van der Waals surface area (Å²) in [5, 5.41) is 2.80. The summed E-state index contributed by atoms with van der Waals surface area (Å²) < 4.78 is 12.9. The lowest BCUT2D eigenvalue weighted by atomic mass is 10.2. The van der Waals surface area contributed by atoms with E-state index in [4.69, 9.17) is 28.9 Å². The van der Waals surface area contributed by atoms with Crippen molar-refractivity contribution in [2.45, 2.75) is 0 Å². The average Bonchev–Trinajstić information content (AvgIpc) is 2.36. The summed E-state index contributed by atoms with van der Waals surface area (Å²) >= 11 is 11.6. The zero-order valence-corrected chi connectivity index (χ0v) is 11.0. The Morgan fingerprint density at radius 3 is 2.63 bits per heavy atom. The molecular weight excluding hydrogens is 292 g/mol. The highest BCUT2D eigenvalue weighted by Crippen LogP contribution is 2.23. The van der Waals surface area contributed by atoms with Crippen LogP contribution in [0, 0.1) is 5.82 Å². The first-order chi connectivity index (χ1) is 8.97. The summed E-state index contributed by atoms with van der Waals surface area (Å²) in [6.07, 6.45) is 1.29. The third-order valence-electron chi connectivity index (χ3n) is 2.31. The predicted molar refractivity (Wildman–Crippen MR) is 73.0 cm³/mol. The molecule has 0 aliphatic heterocycles. The number of halogens is 3. The van der Waals surface area contributed by atoms with E-state index >= 15 is 0 Å². The van der Waals surface area contributed by atoms with Gasteiger partial charge in [0.05, 0.1) is 21.3 Å². The molecule has 0 aliphatic carbocycles. The SMILES string of the molecule is Nc1ncc(C(=O)Nc2ccc(F)cc2Cl)cc1Cl. The van der Waals surface area contributed by atoms with Gasteiger partial charge in [0.1, 0.15) is 11.6 Å². The summed E-state index contributed by atoms with van der Waals surface area (Å²) in [6, 6.07) is 5.04. The number of hydrogen-bond donors (Lipinski definition) is 2. The maximum Gasteiger partial charge on any atom is 0.257 e. The van der Waals surface area contributed by atoms with Crippen molar-refractivity contribution in [3.8, 4) is 0 Å². The second-order valence-corrected chi connectivity index (χ2v) is 4.48. The monoisotopic (exact) mass is 299 g/mol. The van der Waals surface area contributed by atoms with Crippen LogP contribution in [-0.4, -0.2) is 10.9 Å². The van der Waals surface area contributed by atoms with Crippen LogP contribution in [0.25, 0.3) is 0 Å². The lowest BCUT2D eigenvalue weighted by molar-refractivity contribution is 0.102. The van der Waals surface area contributed by atoms with Gasteiger partial charge in [0, 0.05) is 6.20 Å². The zero-order chi connectivity index (χ0) is 14.0. The average molecular weight is 300 g/mol. The van der Waals surface area contributed by atoms with Crippen LogP contribution >= 0.6 is 23.2 Å². The maximum absolute atomic E-state index is 12.9. The number of nitrogens with zero attached hydrogens (tertiary/aromatic N) is 1. The van der Waals surface area contributed by atoms with Crippen LogP contribution in [0.3, 0.4) is 0 Å². The van der Waals surface area contributed by atoms with Crippen LogP contribution in [0.15, 0.2) is 30.5 Å². The normalized spacial score (nSPS) is 10.3. The molecule has 0 saturated heterocycles. The summed E-state index contributed by atoms with van der Waals surface area (Å²) in [5.74, 6) is -0.818. The fraction of sp³-hybridized carbons (Fsp3) is 0. The molecule has 0 aliphatic rings. The molecule has 19 heavy (non-hydrogen) atoms. The summed E-state index contributed by atoms with van der Waals surface area (Å²) in [4.78, 5) is 15.7. The first-order valence-electron chi connectivity index (χ1n) is 5.15. The van der Waals surface area contributed by atoms with Gasteiger partial charge in [-0.15, -0.1) is 0 Å². The number of nitrogen functional groups attached to an aromatic ring is 1. The van der Waals surface area contributed by atoms with Crippen LogP contribution in [0.5, 0.6) is 0 Å². The van der Waals surface area contributed by atoms with E-state index in [2.05, 4.69) is 10.3 Å². The van der Waals surface area contributed by atoms with Crippen LogP contribution in [0.2, 0.25) is 10.0 Å². The van der Waals surface area contributed by atoms with Gasteiger partial charge in [-0.2, -0.15) is 0 Å². The third-order valence-corrected chi connectivity index (χ3v) is 2.93. The van der Waals surface area contributed by atoms with Crippen molar-refractivity contribution in [3.05, 3.63) is 51.9 Å². The molecule has 2 aromatic rings.